The van der Waals surface area contributed by atoms with Crippen LogP contribution >= 0.6 is 11.3 Å². The van der Waals surface area contributed by atoms with E-state index in [1.165, 1.54) is 17.5 Å². The first-order chi connectivity index (χ1) is 11.6. The summed E-state index contributed by atoms with van der Waals surface area (Å²) >= 11 is 1.42. The highest BCUT2D eigenvalue weighted by Gasteiger charge is 2.14. The molecule has 0 saturated heterocycles. The highest BCUT2D eigenvalue weighted by Crippen LogP contribution is 2.32. The molecule has 0 aliphatic heterocycles. The van der Waals surface area contributed by atoms with Crippen LogP contribution in [0.5, 0.6) is 0 Å². The molecular formula is C18H14N4OS. The largest absolute Gasteiger partial charge is 0.296 e. The maximum Gasteiger partial charge on any atom is 0.276 e. The SMILES string of the molecule is Cc1cc(C(=O)Nc2nc(C)c(-c3ccccc3)s2)ncc1C#N. The number of carbonyl (C=O) groups is 1. The second-order valence-electron chi connectivity index (χ2n) is 5.25. The van der Waals surface area contributed by atoms with Crippen molar-refractivity contribution in [3.05, 3.63) is 65.1 Å². The van der Waals surface area contributed by atoms with E-state index in [-0.39, 0.29) is 11.6 Å². The van der Waals surface area contributed by atoms with E-state index in [0.717, 1.165) is 21.7 Å². The highest BCUT2D eigenvalue weighted by atomic mass is 32.1. The molecule has 1 N–H and O–H groups in total. The third-order valence-corrected chi connectivity index (χ3v) is 4.64. The lowest BCUT2D eigenvalue weighted by atomic mass is 10.1. The predicted octanol–water partition coefficient (Wildman–Crippen LogP) is 3.95. The van der Waals surface area contributed by atoms with Gasteiger partial charge in [-0.1, -0.05) is 41.7 Å². The Bertz CT molecular complexity index is 941. The molecule has 0 spiro atoms. The molecule has 5 nitrogen and oxygen atoms in total. The second kappa shape index (κ2) is 6.60. The van der Waals surface area contributed by atoms with Gasteiger partial charge in [-0.15, -0.1) is 0 Å². The van der Waals surface area contributed by atoms with Gasteiger partial charge in [-0.25, -0.2) is 9.97 Å². The minimum absolute atomic E-state index is 0.264. The third-order valence-electron chi connectivity index (χ3n) is 3.52. The topological polar surface area (TPSA) is 78.7 Å². The van der Waals surface area contributed by atoms with Crippen LogP contribution in [0.1, 0.15) is 27.3 Å². The van der Waals surface area contributed by atoms with E-state index in [1.807, 2.05) is 43.3 Å². The van der Waals surface area contributed by atoms with E-state index in [2.05, 4.69) is 15.3 Å². The molecule has 0 atom stereocenters. The smallest absolute Gasteiger partial charge is 0.276 e. The minimum Gasteiger partial charge on any atom is -0.296 e. The molecule has 2 heterocycles. The molecule has 1 amide bonds. The normalized spacial score (nSPS) is 10.2. The molecule has 0 saturated carbocycles. The molecule has 2 aromatic heterocycles. The molecule has 1 aromatic carbocycles. The van der Waals surface area contributed by atoms with Crippen LogP contribution in [-0.4, -0.2) is 15.9 Å². The summed E-state index contributed by atoms with van der Waals surface area (Å²) < 4.78 is 0. The Kier molecular flexibility index (Phi) is 4.36. The van der Waals surface area contributed by atoms with Crippen molar-refractivity contribution in [1.82, 2.24) is 9.97 Å². The van der Waals surface area contributed by atoms with Gasteiger partial charge in [-0.05, 0) is 31.0 Å². The van der Waals surface area contributed by atoms with Gasteiger partial charge < -0.3 is 0 Å². The van der Waals surface area contributed by atoms with Crippen molar-refractivity contribution in [3.8, 4) is 16.5 Å². The van der Waals surface area contributed by atoms with E-state index < -0.39 is 0 Å². The Morgan fingerprint density at radius 2 is 2.00 bits per heavy atom. The van der Waals surface area contributed by atoms with Crippen molar-refractivity contribution in [1.29, 1.82) is 5.26 Å². The first-order valence-corrected chi connectivity index (χ1v) is 8.11. The fourth-order valence-electron chi connectivity index (χ4n) is 2.27. The van der Waals surface area contributed by atoms with Crippen LogP contribution in [0.4, 0.5) is 5.13 Å². The molecule has 0 fully saturated rings. The van der Waals surface area contributed by atoms with Crippen molar-refractivity contribution < 1.29 is 4.79 Å². The molecule has 0 radical (unpaired) electrons. The number of nitriles is 1. The van der Waals surface area contributed by atoms with Crippen LogP contribution in [0.3, 0.4) is 0 Å². The number of pyridine rings is 1. The van der Waals surface area contributed by atoms with Crippen LogP contribution in [0.25, 0.3) is 10.4 Å². The summed E-state index contributed by atoms with van der Waals surface area (Å²) in [6, 6.07) is 13.6. The molecule has 0 aliphatic carbocycles. The Morgan fingerprint density at radius 3 is 2.67 bits per heavy atom. The van der Waals surface area contributed by atoms with Gasteiger partial charge in [0.1, 0.15) is 11.8 Å². The first-order valence-electron chi connectivity index (χ1n) is 7.29. The number of rotatable bonds is 3. The summed E-state index contributed by atoms with van der Waals surface area (Å²) in [6.45, 7) is 3.69. The monoisotopic (exact) mass is 334 g/mol. The minimum atomic E-state index is -0.337. The summed E-state index contributed by atoms with van der Waals surface area (Å²) in [4.78, 5) is 21.8. The van der Waals surface area contributed by atoms with Gasteiger partial charge in [0.15, 0.2) is 5.13 Å². The number of anilines is 1. The molecule has 3 rings (SSSR count). The van der Waals surface area contributed by atoms with Gasteiger partial charge >= 0.3 is 0 Å². The summed E-state index contributed by atoms with van der Waals surface area (Å²) in [5.74, 6) is -0.337. The lowest BCUT2D eigenvalue weighted by molar-refractivity contribution is 0.102. The zero-order valence-electron chi connectivity index (χ0n) is 13.2. The number of nitrogens with one attached hydrogen (secondary N) is 1. The Labute approximate surface area is 143 Å². The molecule has 0 bridgehead atoms. The molecule has 24 heavy (non-hydrogen) atoms. The highest BCUT2D eigenvalue weighted by molar-refractivity contribution is 7.19. The van der Waals surface area contributed by atoms with Gasteiger partial charge in [-0.2, -0.15) is 5.26 Å². The van der Waals surface area contributed by atoms with Gasteiger partial charge in [-0.3, -0.25) is 10.1 Å². The van der Waals surface area contributed by atoms with Crippen molar-refractivity contribution in [2.45, 2.75) is 13.8 Å². The first kappa shape index (κ1) is 15.8. The number of aromatic nitrogens is 2. The van der Waals surface area contributed by atoms with Crippen molar-refractivity contribution in [2.24, 2.45) is 0 Å². The molecule has 6 heteroatoms. The Morgan fingerprint density at radius 1 is 1.25 bits per heavy atom. The van der Waals surface area contributed by atoms with Crippen LogP contribution in [0.2, 0.25) is 0 Å². The summed E-state index contributed by atoms with van der Waals surface area (Å²) in [6.07, 6.45) is 1.41. The predicted molar refractivity (Wildman–Crippen MR) is 93.9 cm³/mol. The number of amides is 1. The number of carbonyl (C=O) groups excluding carboxylic acids is 1. The fourth-order valence-corrected chi connectivity index (χ4v) is 3.23. The van der Waals surface area contributed by atoms with Crippen molar-refractivity contribution >= 4 is 22.4 Å². The number of aryl methyl sites for hydroxylation is 2. The van der Waals surface area contributed by atoms with Gasteiger partial charge in [0.25, 0.3) is 5.91 Å². The number of thiazole rings is 1. The zero-order valence-corrected chi connectivity index (χ0v) is 14.0. The molecule has 3 aromatic rings. The van der Waals surface area contributed by atoms with E-state index >= 15 is 0 Å². The van der Waals surface area contributed by atoms with Crippen molar-refractivity contribution in [2.75, 3.05) is 5.32 Å². The second-order valence-corrected chi connectivity index (χ2v) is 6.25. The van der Waals surface area contributed by atoms with Crippen LogP contribution in [0, 0.1) is 25.2 Å². The maximum absolute atomic E-state index is 12.3. The average molecular weight is 334 g/mol. The Balaban J connectivity index is 1.83. The summed E-state index contributed by atoms with van der Waals surface area (Å²) in [5.41, 5.74) is 3.38. The maximum atomic E-state index is 12.3. The third kappa shape index (κ3) is 3.16. The Hall–Kier alpha value is -3.04. The van der Waals surface area contributed by atoms with E-state index in [1.54, 1.807) is 13.0 Å². The van der Waals surface area contributed by atoms with Gasteiger partial charge in [0, 0.05) is 6.20 Å². The lowest BCUT2D eigenvalue weighted by Crippen LogP contribution is -2.14. The number of benzene rings is 1. The number of nitrogens with zero attached hydrogens (tertiary/aromatic N) is 3. The summed E-state index contributed by atoms with van der Waals surface area (Å²) in [7, 11) is 0. The fraction of sp³-hybridized carbons (Fsp3) is 0.111. The number of hydrogen-bond donors (Lipinski definition) is 1. The van der Waals surface area contributed by atoms with E-state index in [0.29, 0.717) is 10.7 Å². The zero-order chi connectivity index (χ0) is 17.1. The number of hydrogen-bond acceptors (Lipinski definition) is 5. The van der Waals surface area contributed by atoms with Crippen LogP contribution in [-0.2, 0) is 0 Å². The van der Waals surface area contributed by atoms with E-state index in [4.69, 9.17) is 5.26 Å². The van der Waals surface area contributed by atoms with E-state index in [9.17, 15) is 4.79 Å². The quantitative estimate of drug-likeness (QED) is 0.786. The standard InChI is InChI=1S/C18H14N4OS/c1-11-8-15(20-10-14(11)9-19)17(23)22-18-21-12(2)16(24-18)13-6-4-3-5-7-13/h3-8,10H,1-2H3,(H,21,22,23). The molecule has 118 valence electrons. The summed E-state index contributed by atoms with van der Waals surface area (Å²) in [5, 5.41) is 12.2. The van der Waals surface area contributed by atoms with Crippen LogP contribution in [0.15, 0.2) is 42.6 Å². The average Bonchev–Trinajstić information content (AvgIpc) is 2.95. The van der Waals surface area contributed by atoms with Crippen LogP contribution < -0.4 is 5.32 Å². The van der Waals surface area contributed by atoms with Gasteiger partial charge in [0.2, 0.25) is 0 Å². The van der Waals surface area contributed by atoms with Gasteiger partial charge in [0.05, 0.1) is 16.1 Å². The van der Waals surface area contributed by atoms with Crippen molar-refractivity contribution in [3.63, 3.8) is 0 Å². The molecular weight excluding hydrogens is 320 g/mol. The lowest BCUT2D eigenvalue weighted by Gasteiger charge is -2.03. The molecule has 0 unspecified atom stereocenters. The molecule has 0 aliphatic rings.